The van der Waals surface area contributed by atoms with Gasteiger partial charge in [0.2, 0.25) is 0 Å². The number of hydrogen-bond donors (Lipinski definition) is 0. The SMILES string of the molecule is CC(C)COC(=O)N1CCN(c2ccc(C#N)c(Cl)c2)CC1. The second-order valence-corrected chi connectivity index (χ2v) is 6.13. The van der Waals surface area contributed by atoms with Crippen LogP contribution in [0.2, 0.25) is 5.02 Å². The molecule has 1 aliphatic heterocycles. The smallest absolute Gasteiger partial charge is 0.409 e. The first-order chi connectivity index (χ1) is 10.5. The average molecular weight is 322 g/mol. The van der Waals surface area contributed by atoms with Crippen molar-refractivity contribution in [1.29, 1.82) is 5.26 Å². The van der Waals surface area contributed by atoms with Gasteiger partial charge in [-0.1, -0.05) is 25.4 Å². The second kappa shape index (κ2) is 7.37. The summed E-state index contributed by atoms with van der Waals surface area (Å²) in [6.45, 7) is 7.16. The fourth-order valence-corrected chi connectivity index (χ4v) is 2.48. The second-order valence-electron chi connectivity index (χ2n) is 5.72. The molecule has 1 saturated heterocycles. The number of nitrogens with zero attached hydrogens (tertiary/aromatic N) is 3. The van der Waals surface area contributed by atoms with E-state index in [-0.39, 0.29) is 6.09 Å². The highest BCUT2D eigenvalue weighted by molar-refractivity contribution is 6.32. The molecular formula is C16H20ClN3O2. The summed E-state index contributed by atoms with van der Waals surface area (Å²) in [4.78, 5) is 15.8. The number of hydrogen-bond acceptors (Lipinski definition) is 4. The zero-order valence-electron chi connectivity index (χ0n) is 12.9. The summed E-state index contributed by atoms with van der Waals surface area (Å²) in [5.41, 5.74) is 1.44. The minimum atomic E-state index is -0.244. The molecule has 5 nitrogen and oxygen atoms in total. The molecule has 1 amide bonds. The van der Waals surface area contributed by atoms with E-state index in [0.29, 0.717) is 36.2 Å². The molecule has 0 saturated carbocycles. The van der Waals surface area contributed by atoms with Crippen LogP contribution >= 0.6 is 11.6 Å². The lowest BCUT2D eigenvalue weighted by Gasteiger charge is -2.35. The van der Waals surface area contributed by atoms with Gasteiger partial charge in [0.1, 0.15) is 6.07 Å². The number of rotatable bonds is 3. The lowest BCUT2D eigenvalue weighted by Crippen LogP contribution is -2.49. The molecule has 118 valence electrons. The number of piperazine rings is 1. The first-order valence-electron chi connectivity index (χ1n) is 7.37. The fourth-order valence-electron chi connectivity index (χ4n) is 2.27. The first kappa shape index (κ1) is 16.4. The first-order valence-corrected chi connectivity index (χ1v) is 7.75. The summed E-state index contributed by atoms with van der Waals surface area (Å²) in [7, 11) is 0. The van der Waals surface area contributed by atoms with E-state index in [4.69, 9.17) is 21.6 Å². The largest absolute Gasteiger partial charge is 0.449 e. The van der Waals surface area contributed by atoms with Crippen molar-refractivity contribution in [3.8, 4) is 6.07 Å². The van der Waals surface area contributed by atoms with Gasteiger partial charge < -0.3 is 14.5 Å². The normalized spacial score (nSPS) is 14.9. The maximum atomic E-state index is 11.9. The van der Waals surface area contributed by atoms with Gasteiger partial charge in [0.25, 0.3) is 0 Å². The molecule has 1 aromatic rings. The highest BCUT2D eigenvalue weighted by Gasteiger charge is 2.22. The molecule has 1 aliphatic rings. The lowest BCUT2D eigenvalue weighted by molar-refractivity contribution is 0.0901. The molecule has 0 radical (unpaired) electrons. The third kappa shape index (κ3) is 4.05. The highest BCUT2D eigenvalue weighted by atomic mass is 35.5. The van der Waals surface area contributed by atoms with Crippen LogP contribution in [0.3, 0.4) is 0 Å². The zero-order valence-corrected chi connectivity index (χ0v) is 13.6. The van der Waals surface area contributed by atoms with Crippen molar-refractivity contribution in [1.82, 2.24) is 4.90 Å². The Kier molecular flexibility index (Phi) is 5.51. The van der Waals surface area contributed by atoms with Gasteiger partial charge in [0.05, 0.1) is 17.2 Å². The quantitative estimate of drug-likeness (QED) is 0.858. The third-order valence-corrected chi connectivity index (χ3v) is 3.83. The minimum Gasteiger partial charge on any atom is -0.449 e. The number of halogens is 1. The molecule has 0 atom stereocenters. The van der Waals surface area contributed by atoms with Crippen LogP contribution in [0.5, 0.6) is 0 Å². The number of anilines is 1. The van der Waals surface area contributed by atoms with E-state index in [1.165, 1.54) is 0 Å². The molecule has 0 aromatic heterocycles. The molecule has 0 bridgehead atoms. The van der Waals surface area contributed by atoms with Crippen molar-refractivity contribution in [2.24, 2.45) is 5.92 Å². The molecule has 1 heterocycles. The zero-order chi connectivity index (χ0) is 16.1. The third-order valence-electron chi connectivity index (χ3n) is 3.52. The van der Waals surface area contributed by atoms with E-state index < -0.39 is 0 Å². The Bertz CT molecular complexity index is 575. The summed E-state index contributed by atoms with van der Waals surface area (Å²) in [6.07, 6.45) is -0.244. The van der Waals surface area contributed by atoms with Crippen LogP contribution in [0.25, 0.3) is 0 Å². The molecule has 6 heteroatoms. The maximum absolute atomic E-state index is 11.9. The van der Waals surface area contributed by atoms with E-state index in [1.54, 1.807) is 17.0 Å². The predicted molar refractivity (Wildman–Crippen MR) is 86.1 cm³/mol. The summed E-state index contributed by atoms with van der Waals surface area (Å²) >= 11 is 6.07. The summed E-state index contributed by atoms with van der Waals surface area (Å²) in [5.74, 6) is 0.339. The van der Waals surface area contributed by atoms with Crippen molar-refractivity contribution >= 4 is 23.4 Å². The maximum Gasteiger partial charge on any atom is 0.409 e. The monoisotopic (exact) mass is 321 g/mol. The highest BCUT2D eigenvalue weighted by Crippen LogP contribution is 2.24. The number of carbonyl (C=O) groups is 1. The molecule has 1 aromatic carbocycles. The van der Waals surface area contributed by atoms with E-state index in [9.17, 15) is 4.79 Å². The van der Waals surface area contributed by atoms with Crippen LogP contribution in [0, 0.1) is 17.2 Å². The van der Waals surface area contributed by atoms with Crippen LogP contribution in [0.15, 0.2) is 18.2 Å². The van der Waals surface area contributed by atoms with Crippen molar-refractivity contribution in [3.05, 3.63) is 28.8 Å². The van der Waals surface area contributed by atoms with Crippen molar-refractivity contribution in [3.63, 3.8) is 0 Å². The van der Waals surface area contributed by atoms with Crippen LogP contribution in [0.4, 0.5) is 10.5 Å². The Morgan fingerprint density at radius 1 is 1.36 bits per heavy atom. The van der Waals surface area contributed by atoms with E-state index >= 15 is 0 Å². The summed E-state index contributed by atoms with van der Waals surface area (Å²) in [6, 6.07) is 7.46. The van der Waals surface area contributed by atoms with Crippen LogP contribution in [-0.4, -0.2) is 43.8 Å². The predicted octanol–water partition coefficient (Wildman–Crippen LogP) is 3.13. The van der Waals surface area contributed by atoms with Crippen LogP contribution in [0.1, 0.15) is 19.4 Å². The van der Waals surface area contributed by atoms with Gasteiger partial charge in [-0.2, -0.15) is 5.26 Å². The summed E-state index contributed by atoms with van der Waals surface area (Å²) in [5, 5.41) is 9.36. The van der Waals surface area contributed by atoms with E-state index in [2.05, 4.69) is 11.0 Å². The number of amides is 1. The minimum absolute atomic E-state index is 0.244. The number of nitriles is 1. The van der Waals surface area contributed by atoms with Gasteiger partial charge >= 0.3 is 6.09 Å². The van der Waals surface area contributed by atoms with Gasteiger partial charge in [-0.05, 0) is 24.1 Å². The molecule has 0 spiro atoms. The van der Waals surface area contributed by atoms with Crippen molar-refractivity contribution in [2.75, 3.05) is 37.7 Å². The number of benzene rings is 1. The van der Waals surface area contributed by atoms with Crippen molar-refractivity contribution in [2.45, 2.75) is 13.8 Å². The average Bonchev–Trinajstić information content (AvgIpc) is 2.52. The molecule has 0 unspecified atom stereocenters. The lowest BCUT2D eigenvalue weighted by atomic mass is 10.2. The number of ether oxygens (including phenoxy) is 1. The van der Waals surface area contributed by atoms with Crippen LogP contribution in [-0.2, 0) is 4.74 Å². The van der Waals surface area contributed by atoms with E-state index in [1.807, 2.05) is 19.9 Å². The summed E-state index contributed by atoms with van der Waals surface area (Å²) < 4.78 is 5.24. The standard InChI is InChI=1S/C16H20ClN3O2/c1-12(2)11-22-16(21)20-7-5-19(6-8-20)14-4-3-13(10-18)15(17)9-14/h3-4,9,12H,5-8,11H2,1-2H3. The Labute approximate surface area is 136 Å². The molecule has 1 fully saturated rings. The van der Waals surface area contributed by atoms with E-state index in [0.717, 1.165) is 18.8 Å². The van der Waals surface area contributed by atoms with Gasteiger partial charge in [0.15, 0.2) is 0 Å². The fraction of sp³-hybridized carbons (Fsp3) is 0.500. The molecule has 0 aliphatic carbocycles. The molecular weight excluding hydrogens is 302 g/mol. The Balaban J connectivity index is 1.91. The molecule has 0 N–H and O–H groups in total. The van der Waals surface area contributed by atoms with Gasteiger partial charge in [0, 0.05) is 31.9 Å². The van der Waals surface area contributed by atoms with Gasteiger partial charge in [-0.3, -0.25) is 0 Å². The number of carbonyl (C=O) groups excluding carboxylic acids is 1. The topological polar surface area (TPSA) is 56.6 Å². The Hall–Kier alpha value is -1.93. The van der Waals surface area contributed by atoms with Gasteiger partial charge in [-0.25, -0.2) is 4.79 Å². The molecule has 2 rings (SSSR count). The van der Waals surface area contributed by atoms with Crippen LogP contribution < -0.4 is 4.90 Å². The Morgan fingerprint density at radius 2 is 2.05 bits per heavy atom. The van der Waals surface area contributed by atoms with Gasteiger partial charge in [-0.15, -0.1) is 0 Å². The van der Waals surface area contributed by atoms with Crippen molar-refractivity contribution < 1.29 is 9.53 Å². The Morgan fingerprint density at radius 3 is 2.59 bits per heavy atom. The molecule has 22 heavy (non-hydrogen) atoms.